The molecule has 1 atom stereocenters. The number of anilines is 1. The van der Waals surface area contributed by atoms with E-state index < -0.39 is 10.0 Å². The molecule has 1 aromatic carbocycles. The molecule has 8 heteroatoms. The van der Waals surface area contributed by atoms with Gasteiger partial charge in [0.15, 0.2) is 0 Å². The number of nitrogens with one attached hydrogen (secondary N) is 1. The number of carbonyl (C=O) groups is 1. The second-order valence-electron chi connectivity index (χ2n) is 4.61. The summed E-state index contributed by atoms with van der Waals surface area (Å²) >= 11 is 5.91. The van der Waals surface area contributed by atoms with Gasteiger partial charge >= 0.3 is 0 Å². The highest BCUT2D eigenvalue weighted by molar-refractivity contribution is 7.89. The number of hydrogen-bond donors (Lipinski definition) is 3. The number of rotatable bonds is 6. The van der Waals surface area contributed by atoms with Crippen LogP contribution in [0.15, 0.2) is 23.1 Å². The average molecular weight is 320 g/mol. The number of nitrogens with two attached hydrogens (primary N) is 2. The van der Waals surface area contributed by atoms with Crippen molar-refractivity contribution in [2.75, 3.05) is 11.9 Å². The average Bonchev–Trinajstić information content (AvgIpc) is 2.37. The summed E-state index contributed by atoms with van der Waals surface area (Å²) in [7, 11) is -3.83. The predicted octanol–water partition coefficient (Wildman–Crippen LogP) is 1.30. The molecule has 0 bridgehead atoms. The van der Waals surface area contributed by atoms with Gasteiger partial charge in [0.25, 0.3) is 0 Å². The molecule has 1 aromatic rings. The molecule has 0 aliphatic carbocycles. The Bertz CT molecular complexity index is 590. The fourth-order valence-corrected chi connectivity index (χ4v) is 2.19. The SMILES string of the molecule is CC(CN)CCC(=O)Nc1cc(S(N)(=O)=O)ccc1Cl. The van der Waals surface area contributed by atoms with Crippen molar-refractivity contribution in [3.63, 3.8) is 0 Å². The summed E-state index contributed by atoms with van der Waals surface area (Å²) < 4.78 is 22.5. The minimum atomic E-state index is -3.83. The summed E-state index contributed by atoms with van der Waals surface area (Å²) in [5.74, 6) is -0.00857. The van der Waals surface area contributed by atoms with Crippen molar-refractivity contribution >= 4 is 33.2 Å². The second kappa shape index (κ2) is 7.03. The first-order valence-corrected chi connectivity index (χ1v) is 7.98. The maximum Gasteiger partial charge on any atom is 0.238 e. The van der Waals surface area contributed by atoms with Crippen molar-refractivity contribution in [1.29, 1.82) is 0 Å². The van der Waals surface area contributed by atoms with E-state index in [0.29, 0.717) is 13.0 Å². The summed E-state index contributed by atoms with van der Waals surface area (Å²) in [6, 6.07) is 3.89. The maximum absolute atomic E-state index is 11.8. The first-order valence-electron chi connectivity index (χ1n) is 6.06. The van der Waals surface area contributed by atoms with Gasteiger partial charge in [0, 0.05) is 6.42 Å². The van der Waals surface area contributed by atoms with Gasteiger partial charge in [-0.3, -0.25) is 4.79 Å². The molecule has 0 spiro atoms. The molecular formula is C12H18ClN3O3S. The smallest absolute Gasteiger partial charge is 0.238 e. The van der Waals surface area contributed by atoms with Crippen LogP contribution in [0, 0.1) is 5.92 Å². The second-order valence-corrected chi connectivity index (χ2v) is 6.58. The van der Waals surface area contributed by atoms with Gasteiger partial charge in [0.1, 0.15) is 0 Å². The standard InChI is InChI=1S/C12H18ClN3O3S/c1-8(7-14)2-5-12(17)16-11-6-9(20(15,18)19)3-4-10(11)13/h3-4,6,8H,2,5,7,14H2,1H3,(H,16,17)(H2,15,18,19). The zero-order valence-corrected chi connectivity index (χ0v) is 12.7. The Morgan fingerprint density at radius 3 is 2.65 bits per heavy atom. The van der Waals surface area contributed by atoms with Gasteiger partial charge in [-0.2, -0.15) is 0 Å². The van der Waals surface area contributed by atoms with E-state index in [-0.39, 0.29) is 33.9 Å². The van der Waals surface area contributed by atoms with E-state index in [0.717, 1.165) is 0 Å². The molecule has 20 heavy (non-hydrogen) atoms. The topological polar surface area (TPSA) is 115 Å². The van der Waals surface area contributed by atoms with E-state index in [1.807, 2.05) is 6.92 Å². The Morgan fingerprint density at radius 2 is 2.10 bits per heavy atom. The number of amides is 1. The Hall–Kier alpha value is -1.15. The van der Waals surface area contributed by atoms with E-state index in [1.165, 1.54) is 18.2 Å². The number of primary sulfonamides is 1. The summed E-state index contributed by atoms with van der Waals surface area (Å²) in [4.78, 5) is 11.7. The molecule has 1 amide bonds. The molecule has 5 N–H and O–H groups in total. The molecular weight excluding hydrogens is 302 g/mol. The quantitative estimate of drug-likeness (QED) is 0.732. The Kier molecular flexibility index (Phi) is 5.94. The van der Waals surface area contributed by atoms with Crippen LogP contribution in [0.3, 0.4) is 0 Å². The van der Waals surface area contributed by atoms with Crippen LogP contribution in [-0.2, 0) is 14.8 Å². The molecule has 112 valence electrons. The molecule has 0 radical (unpaired) electrons. The van der Waals surface area contributed by atoms with Gasteiger partial charge in [-0.1, -0.05) is 18.5 Å². The van der Waals surface area contributed by atoms with Crippen molar-refractivity contribution in [2.45, 2.75) is 24.7 Å². The van der Waals surface area contributed by atoms with Gasteiger partial charge < -0.3 is 11.1 Å². The molecule has 6 nitrogen and oxygen atoms in total. The summed E-state index contributed by atoms with van der Waals surface area (Å²) in [5.41, 5.74) is 5.69. The van der Waals surface area contributed by atoms with Crippen LogP contribution in [0.5, 0.6) is 0 Å². The molecule has 0 saturated carbocycles. The largest absolute Gasteiger partial charge is 0.330 e. The lowest BCUT2D eigenvalue weighted by Gasteiger charge is -2.10. The third kappa shape index (κ3) is 5.09. The summed E-state index contributed by atoms with van der Waals surface area (Å²) in [6.07, 6.45) is 0.934. The van der Waals surface area contributed by atoms with Crippen LogP contribution in [0.1, 0.15) is 19.8 Å². The molecule has 0 heterocycles. The summed E-state index contributed by atoms with van der Waals surface area (Å²) in [5, 5.41) is 7.84. The monoisotopic (exact) mass is 319 g/mol. The van der Waals surface area contributed by atoms with Crippen molar-refractivity contribution in [3.8, 4) is 0 Å². The van der Waals surface area contributed by atoms with E-state index in [2.05, 4.69) is 5.32 Å². The van der Waals surface area contributed by atoms with Crippen LogP contribution >= 0.6 is 11.6 Å². The lowest BCUT2D eigenvalue weighted by Crippen LogP contribution is -2.17. The van der Waals surface area contributed by atoms with E-state index in [1.54, 1.807) is 0 Å². The molecule has 0 aromatic heterocycles. The number of halogens is 1. The lowest BCUT2D eigenvalue weighted by atomic mass is 10.1. The zero-order chi connectivity index (χ0) is 15.3. The fraction of sp³-hybridized carbons (Fsp3) is 0.417. The van der Waals surface area contributed by atoms with E-state index in [4.69, 9.17) is 22.5 Å². The third-order valence-corrected chi connectivity index (χ3v) is 4.05. The van der Waals surface area contributed by atoms with Crippen molar-refractivity contribution in [2.24, 2.45) is 16.8 Å². The van der Waals surface area contributed by atoms with Gasteiger partial charge in [-0.15, -0.1) is 0 Å². The third-order valence-electron chi connectivity index (χ3n) is 2.81. The van der Waals surface area contributed by atoms with Crippen molar-refractivity contribution in [1.82, 2.24) is 0 Å². The van der Waals surface area contributed by atoms with Crippen molar-refractivity contribution in [3.05, 3.63) is 23.2 Å². The minimum absolute atomic E-state index is 0.104. The molecule has 0 saturated heterocycles. The van der Waals surface area contributed by atoms with E-state index >= 15 is 0 Å². The highest BCUT2D eigenvalue weighted by atomic mass is 35.5. The van der Waals surface area contributed by atoms with Crippen LogP contribution in [0.25, 0.3) is 0 Å². The number of carbonyl (C=O) groups excluding carboxylic acids is 1. The van der Waals surface area contributed by atoms with Crippen LogP contribution in [0.2, 0.25) is 5.02 Å². The van der Waals surface area contributed by atoms with Gasteiger partial charge in [-0.25, -0.2) is 13.6 Å². The zero-order valence-electron chi connectivity index (χ0n) is 11.1. The number of sulfonamides is 1. The van der Waals surface area contributed by atoms with Crippen LogP contribution in [-0.4, -0.2) is 20.9 Å². The first-order chi connectivity index (χ1) is 9.24. The highest BCUT2D eigenvalue weighted by Gasteiger charge is 2.13. The highest BCUT2D eigenvalue weighted by Crippen LogP contribution is 2.25. The van der Waals surface area contributed by atoms with Gasteiger partial charge in [0.2, 0.25) is 15.9 Å². The predicted molar refractivity (Wildman–Crippen MR) is 78.9 cm³/mol. The van der Waals surface area contributed by atoms with Crippen LogP contribution in [0.4, 0.5) is 5.69 Å². The minimum Gasteiger partial charge on any atom is -0.330 e. The molecule has 1 rings (SSSR count). The Morgan fingerprint density at radius 1 is 1.45 bits per heavy atom. The molecule has 0 aliphatic rings. The van der Waals surface area contributed by atoms with Gasteiger partial charge in [-0.05, 0) is 37.1 Å². The molecule has 1 unspecified atom stereocenters. The maximum atomic E-state index is 11.8. The fourth-order valence-electron chi connectivity index (χ4n) is 1.49. The first kappa shape index (κ1) is 16.9. The Labute approximate surface area is 123 Å². The normalized spacial score (nSPS) is 13.0. The van der Waals surface area contributed by atoms with Gasteiger partial charge in [0.05, 0.1) is 15.6 Å². The van der Waals surface area contributed by atoms with Crippen molar-refractivity contribution < 1.29 is 13.2 Å². The van der Waals surface area contributed by atoms with E-state index in [9.17, 15) is 13.2 Å². The molecule has 0 fully saturated rings. The molecule has 0 aliphatic heterocycles. The van der Waals surface area contributed by atoms with Crippen LogP contribution < -0.4 is 16.2 Å². The Balaban J connectivity index is 2.79. The summed E-state index contributed by atoms with van der Waals surface area (Å²) in [6.45, 7) is 2.46. The number of hydrogen-bond acceptors (Lipinski definition) is 4. The lowest BCUT2D eigenvalue weighted by molar-refractivity contribution is -0.116. The number of benzene rings is 1.